The number of piperidine rings is 1. The summed E-state index contributed by atoms with van der Waals surface area (Å²) < 4.78 is 40.7. The SMILES string of the molecule is NNc1ccc(C(=O)N2CC3CCN(C(=O)/C=C/c4ccc(OC(F)(F)F)cc4)CC3C2)cc1N. The van der Waals surface area contributed by atoms with Gasteiger partial charge in [0.05, 0.1) is 11.4 Å². The number of benzene rings is 2. The summed E-state index contributed by atoms with van der Waals surface area (Å²) in [7, 11) is 0. The zero-order chi connectivity index (χ0) is 25.2. The molecule has 0 aromatic heterocycles. The van der Waals surface area contributed by atoms with Crippen LogP contribution in [0.25, 0.3) is 6.08 Å². The molecule has 8 nitrogen and oxygen atoms in total. The van der Waals surface area contributed by atoms with Crippen LogP contribution in [0.2, 0.25) is 0 Å². The maximum atomic E-state index is 13.0. The highest BCUT2D eigenvalue weighted by molar-refractivity contribution is 5.96. The van der Waals surface area contributed by atoms with E-state index < -0.39 is 6.36 Å². The first-order chi connectivity index (χ1) is 16.6. The highest BCUT2D eigenvalue weighted by atomic mass is 19.4. The van der Waals surface area contributed by atoms with Crippen molar-refractivity contribution in [3.63, 3.8) is 0 Å². The van der Waals surface area contributed by atoms with Crippen molar-refractivity contribution in [3.8, 4) is 5.75 Å². The summed E-state index contributed by atoms with van der Waals surface area (Å²) in [6, 6.07) is 10.2. The monoisotopic (exact) mass is 489 g/mol. The third kappa shape index (κ3) is 5.86. The van der Waals surface area contributed by atoms with Crippen LogP contribution in [0.15, 0.2) is 48.5 Å². The number of amides is 2. The number of hydrogen-bond acceptors (Lipinski definition) is 6. The van der Waals surface area contributed by atoms with Crippen molar-refractivity contribution in [2.45, 2.75) is 12.8 Å². The summed E-state index contributed by atoms with van der Waals surface area (Å²) >= 11 is 0. The van der Waals surface area contributed by atoms with Crippen LogP contribution in [0.4, 0.5) is 24.5 Å². The van der Waals surface area contributed by atoms with E-state index in [1.807, 2.05) is 0 Å². The second-order valence-corrected chi connectivity index (χ2v) is 8.70. The minimum absolute atomic E-state index is 0.106. The summed E-state index contributed by atoms with van der Waals surface area (Å²) in [6.07, 6.45) is -0.996. The number of ether oxygens (including phenoxy) is 1. The molecule has 2 heterocycles. The van der Waals surface area contributed by atoms with Crippen LogP contribution < -0.4 is 21.7 Å². The number of fused-ring (bicyclic) bond motifs is 1. The van der Waals surface area contributed by atoms with E-state index in [0.29, 0.717) is 54.6 Å². The minimum Gasteiger partial charge on any atom is -0.406 e. The molecule has 4 rings (SSSR count). The Hall–Kier alpha value is -3.73. The molecule has 2 atom stereocenters. The van der Waals surface area contributed by atoms with Gasteiger partial charge in [0.15, 0.2) is 0 Å². The molecule has 2 aliphatic heterocycles. The van der Waals surface area contributed by atoms with Crippen LogP contribution in [0.3, 0.4) is 0 Å². The summed E-state index contributed by atoms with van der Waals surface area (Å²) in [5.74, 6) is 5.27. The van der Waals surface area contributed by atoms with Crippen LogP contribution >= 0.6 is 0 Å². The second kappa shape index (κ2) is 9.87. The van der Waals surface area contributed by atoms with Gasteiger partial charge in [-0.25, -0.2) is 0 Å². The highest BCUT2D eigenvalue weighted by Gasteiger charge is 2.40. The molecular weight excluding hydrogens is 463 g/mol. The fraction of sp³-hybridized carbons (Fsp3) is 0.333. The first-order valence-electron chi connectivity index (χ1n) is 11.1. The lowest BCUT2D eigenvalue weighted by atomic mass is 9.88. The minimum atomic E-state index is -4.75. The maximum absolute atomic E-state index is 13.0. The van der Waals surface area contributed by atoms with Gasteiger partial charge in [0, 0.05) is 37.8 Å². The van der Waals surface area contributed by atoms with Crippen LogP contribution in [0.1, 0.15) is 22.3 Å². The fourth-order valence-corrected chi connectivity index (χ4v) is 4.60. The van der Waals surface area contributed by atoms with Crippen molar-refractivity contribution in [3.05, 3.63) is 59.7 Å². The normalized spacial score (nSPS) is 20.1. The Bertz CT molecular complexity index is 1120. The van der Waals surface area contributed by atoms with Gasteiger partial charge in [0.2, 0.25) is 5.91 Å². The number of likely N-dealkylation sites (tertiary alicyclic amines) is 2. The van der Waals surface area contributed by atoms with Gasteiger partial charge in [-0.3, -0.25) is 15.4 Å². The third-order valence-electron chi connectivity index (χ3n) is 6.39. The zero-order valence-electron chi connectivity index (χ0n) is 18.8. The van der Waals surface area contributed by atoms with E-state index in [0.717, 1.165) is 6.42 Å². The van der Waals surface area contributed by atoms with E-state index >= 15 is 0 Å². The van der Waals surface area contributed by atoms with Crippen molar-refractivity contribution in [2.24, 2.45) is 17.7 Å². The number of nitrogens with zero attached hydrogens (tertiary/aromatic N) is 2. The smallest absolute Gasteiger partial charge is 0.406 e. The predicted molar refractivity (Wildman–Crippen MR) is 125 cm³/mol. The molecular formula is C24H26F3N5O3. The lowest BCUT2D eigenvalue weighted by Gasteiger charge is -2.33. The molecule has 2 unspecified atom stereocenters. The molecule has 2 amide bonds. The Morgan fingerprint density at radius 2 is 1.71 bits per heavy atom. The van der Waals surface area contributed by atoms with Gasteiger partial charge >= 0.3 is 6.36 Å². The van der Waals surface area contributed by atoms with Gasteiger partial charge in [-0.15, -0.1) is 13.2 Å². The number of carbonyl (C=O) groups excluding carboxylic acids is 2. The molecule has 2 fully saturated rings. The van der Waals surface area contributed by atoms with E-state index in [-0.39, 0.29) is 23.5 Å². The number of nitrogens with two attached hydrogens (primary N) is 2. The van der Waals surface area contributed by atoms with E-state index in [9.17, 15) is 22.8 Å². The molecule has 0 saturated carbocycles. The van der Waals surface area contributed by atoms with Crippen LogP contribution in [0.5, 0.6) is 5.75 Å². The molecule has 35 heavy (non-hydrogen) atoms. The molecule has 2 aromatic rings. The topological polar surface area (TPSA) is 114 Å². The molecule has 2 saturated heterocycles. The Labute approximate surface area is 200 Å². The number of nitrogens with one attached hydrogen (secondary N) is 1. The molecule has 0 spiro atoms. The number of alkyl halides is 3. The molecule has 2 aliphatic rings. The molecule has 0 radical (unpaired) electrons. The number of nitrogen functional groups attached to an aromatic ring is 2. The van der Waals surface area contributed by atoms with E-state index in [2.05, 4.69) is 10.2 Å². The van der Waals surface area contributed by atoms with Crippen molar-refractivity contribution in [2.75, 3.05) is 37.3 Å². The van der Waals surface area contributed by atoms with Gasteiger partial charge in [0.25, 0.3) is 5.91 Å². The number of halogens is 3. The number of carbonyl (C=O) groups is 2. The molecule has 5 N–H and O–H groups in total. The standard InChI is InChI=1S/C24H26F3N5O3/c25-24(26,27)35-19-5-1-15(2-6-19)3-8-22(33)31-10-9-17-12-32(14-18(17)13-31)23(34)16-4-7-21(30-29)20(28)11-16/h1-8,11,17-18,30H,9-10,12-14,28-29H2/b8-3+. The summed E-state index contributed by atoms with van der Waals surface area (Å²) in [5.41, 5.74) is 10.4. The van der Waals surface area contributed by atoms with Crippen molar-refractivity contribution >= 4 is 29.3 Å². The van der Waals surface area contributed by atoms with Crippen LogP contribution in [-0.4, -0.2) is 54.2 Å². The van der Waals surface area contributed by atoms with Crippen molar-refractivity contribution < 1.29 is 27.5 Å². The first kappa shape index (κ1) is 24.4. The Morgan fingerprint density at radius 3 is 2.37 bits per heavy atom. The van der Waals surface area contributed by atoms with Gasteiger partial charge in [0.1, 0.15) is 5.75 Å². The number of anilines is 2. The fourth-order valence-electron chi connectivity index (χ4n) is 4.60. The molecule has 0 aliphatic carbocycles. The van der Waals surface area contributed by atoms with Gasteiger partial charge < -0.3 is 25.7 Å². The average Bonchev–Trinajstić information content (AvgIpc) is 3.25. The first-order valence-corrected chi connectivity index (χ1v) is 11.1. The Balaban J connectivity index is 1.33. The maximum Gasteiger partial charge on any atom is 0.573 e. The molecule has 0 bridgehead atoms. The van der Waals surface area contributed by atoms with Crippen molar-refractivity contribution in [1.82, 2.24) is 9.80 Å². The number of rotatable bonds is 5. The number of hydrogen-bond donors (Lipinski definition) is 3. The van der Waals surface area contributed by atoms with E-state index in [4.69, 9.17) is 11.6 Å². The summed E-state index contributed by atoms with van der Waals surface area (Å²) in [4.78, 5) is 29.2. The van der Waals surface area contributed by atoms with Crippen LogP contribution in [0, 0.1) is 11.8 Å². The Morgan fingerprint density at radius 1 is 1.03 bits per heavy atom. The predicted octanol–water partition coefficient (Wildman–Crippen LogP) is 3.09. The molecule has 2 aromatic carbocycles. The van der Waals surface area contributed by atoms with Gasteiger partial charge in [-0.2, -0.15) is 0 Å². The quantitative estimate of drug-likeness (QED) is 0.258. The van der Waals surface area contributed by atoms with Gasteiger partial charge in [-0.1, -0.05) is 12.1 Å². The largest absolute Gasteiger partial charge is 0.573 e. The lowest BCUT2D eigenvalue weighted by Crippen LogP contribution is -2.42. The van der Waals surface area contributed by atoms with E-state index in [1.54, 1.807) is 34.1 Å². The lowest BCUT2D eigenvalue weighted by molar-refractivity contribution is -0.274. The second-order valence-electron chi connectivity index (χ2n) is 8.70. The molecule has 11 heteroatoms. The average molecular weight is 489 g/mol. The Kier molecular flexibility index (Phi) is 6.88. The van der Waals surface area contributed by atoms with E-state index in [1.165, 1.54) is 30.3 Å². The van der Waals surface area contributed by atoms with Gasteiger partial charge in [-0.05, 0) is 60.2 Å². The summed E-state index contributed by atoms with van der Waals surface area (Å²) in [5, 5.41) is 0. The van der Waals surface area contributed by atoms with Crippen molar-refractivity contribution in [1.29, 1.82) is 0 Å². The highest BCUT2D eigenvalue weighted by Crippen LogP contribution is 2.33. The summed E-state index contributed by atoms with van der Waals surface area (Å²) in [6.45, 7) is 2.29. The van der Waals surface area contributed by atoms with Crippen LogP contribution in [-0.2, 0) is 4.79 Å². The molecule has 186 valence electrons. The third-order valence-corrected chi connectivity index (χ3v) is 6.39. The zero-order valence-corrected chi connectivity index (χ0v) is 18.8. The number of hydrazine groups is 1.